The normalized spacial score (nSPS) is 10.4. The Labute approximate surface area is 179 Å². The molecule has 0 atom stereocenters. The van der Waals surface area contributed by atoms with Crippen molar-refractivity contribution in [3.63, 3.8) is 0 Å². The molecule has 3 rings (SSSR count). The summed E-state index contributed by atoms with van der Waals surface area (Å²) >= 11 is 3.47. The van der Waals surface area contributed by atoms with Gasteiger partial charge in [0.15, 0.2) is 0 Å². The number of hydrogen-bond donors (Lipinski definition) is 1. The van der Waals surface area contributed by atoms with Gasteiger partial charge in [-0.05, 0) is 57.9 Å². The first kappa shape index (κ1) is 20.7. The monoisotopic (exact) mass is 453 g/mol. The predicted octanol–water partition coefficient (Wildman–Crippen LogP) is 5.53. The summed E-state index contributed by atoms with van der Waals surface area (Å²) in [6.45, 7) is 5.41. The number of nitrogens with one attached hydrogen (secondary N) is 1. The number of anilines is 1. The predicted molar refractivity (Wildman–Crippen MR) is 120 cm³/mol. The van der Waals surface area contributed by atoms with E-state index in [4.69, 9.17) is 4.74 Å². The molecule has 1 N–H and O–H groups in total. The molecule has 3 aromatic rings. The summed E-state index contributed by atoms with van der Waals surface area (Å²) in [6, 6.07) is 19.4. The molecule has 0 unspecified atom stereocenters. The average Bonchev–Trinajstić information content (AvgIpc) is 3.16. The van der Waals surface area contributed by atoms with E-state index in [1.54, 1.807) is 18.1 Å². The summed E-state index contributed by atoms with van der Waals surface area (Å²) < 4.78 is 8.29. The number of aromatic nitrogens is 1. The van der Waals surface area contributed by atoms with Crippen molar-refractivity contribution in [2.45, 2.75) is 13.1 Å². The first-order chi connectivity index (χ1) is 14.1. The second kappa shape index (κ2) is 9.98. The summed E-state index contributed by atoms with van der Waals surface area (Å²) in [6.07, 6.45) is 3.75. The Morgan fingerprint density at radius 1 is 1.21 bits per heavy atom. The molecule has 29 heavy (non-hydrogen) atoms. The van der Waals surface area contributed by atoms with Gasteiger partial charge in [0.05, 0.1) is 19.3 Å². The van der Waals surface area contributed by atoms with Gasteiger partial charge in [-0.15, -0.1) is 6.58 Å². The number of benzene rings is 2. The zero-order valence-corrected chi connectivity index (χ0v) is 17.9. The zero-order chi connectivity index (χ0) is 20.6. The molecule has 0 spiro atoms. The van der Waals surface area contributed by atoms with Crippen molar-refractivity contribution >= 4 is 27.6 Å². The minimum absolute atomic E-state index is 0.175. The fourth-order valence-corrected chi connectivity index (χ4v) is 3.43. The molecule has 0 radical (unpaired) electrons. The van der Waals surface area contributed by atoms with Gasteiger partial charge in [0.25, 0.3) is 0 Å². The van der Waals surface area contributed by atoms with Crippen LogP contribution in [-0.2, 0) is 13.1 Å². The highest BCUT2D eigenvalue weighted by Crippen LogP contribution is 2.22. The molecule has 0 saturated heterocycles. The molecule has 0 fully saturated rings. The lowest BCUT2D eigenvalue weighted by Gasteiger charge is -2.23. The Hall–Kier alpha value is -2.99. The summed E-state index contributed by atoms with van der Waals surface area (Å²) in [4.78, 5) is 14.6. The molecule has 0 bridgehead atoms. The Bertz CT molecular complexity index is 984. The van der Waals surface area contributed by atoms with Crippen LogP contribution >= 0.6 is 15.9 Å². The third-order valence-electron chi connectivity index (χ3n) is 4.52. The summed E-state index contributed by atoms with van der Waals surface area (Å²) in [7, 11) is 1.66. The lowest BCUT2D eigenvalue weighted by Crippen LogP contribution is -2.35. The molecule has 6 heteroatoms. The SMILES string of the molecule is C=CCN(Cc1cccn1Cc1cccc(OC)c1)C(=O)Nc1ccccc1Br. The van der Waals surface area contributed by atoms with Crippen molar-refractivity contribution in [3.05, 3.63) is 95.2 Å². The Morgan fingerprint density at radius 2 is 2.03 bits per heavy atom. The van der Waals surface area contributed by atoms with E-state index in [2.05, 4.69) is 38.5 Å². The van der Waals surface area contributed by atoms with Gasteiger partial charge in [0, 0.05) is 29.5 Å². The van der Waals surface area contributed by atoms with Crippen molar-refractivity contribution in [2.75, 3.05) is 19.0 Å². The van der Waals surface area contributed by atoms with Crippen LogP contribution in [0.5, 0.6) is 5.75 Å². The summed E-state index contributed by atoms with van der Waals surface area (Å²) in [5, 5.41) is 2.96. The standard InChI is InChI=1S/C23H24BrN3O2/c1-3-13-27(23(28)25-22-12-5-4-11-21(22)24)17-19-9-7-14-26(19)16-18-8-6-10-20(15-18)29-2/h3-12,14-15H,1,13,16-17H2,2H3,(H,25,28). The van der Waals surface area contributed by atoms with Gasteiger partial charge < -0.3 is 19.5 Å². The lowest BCUT2D eigenvalue weighted by atomic mass is 10.2. The van der Waals surface area contributed by atoms with Crippen LogP contribution in [0.2, 0.25) is 0 Å². The number of amides is 2. The van der Waals surface area contributed by atoms with Gasteiger partial charge >= 0.3 is 6.03 Å². The highest BCUT2D eigenvalue weighted by Gasteiger charge is 2.16. The van der Waals surface area contributed by atoms with E-state index in [-0.39, 0.29) is 6.03 Å². The van der Waals surface area contributed by atoms with E-state index in [1.165, 1.54) is 0 Å². The number of halogens is 1. The van der Waals surface area contributed by atoms with Crippen molar-refractivity contribution in [1.29, 1.82) is 0 Å². The van der Waals surface area contributed by atoms with Crippen molar-refractivity contribution in [2.24, 2.45) is 0 Å². The van der Waals surface area contributed by atoms with Crippen LogP contribution in [0.1, 0.15) is 11.3 Å². The number of carbonyl (C=O) groups is 1. The van der Waals surface area contributed by atoms with Crippen LogP contribution < -0.4 is 10.1 Å². The number of urea groups is 1. The van der Waals surface area contributed by atoms with Gasteiger partial charge in [0.2, 0.25) is 0 Å². The van der Waals surface area contributed by atoms with Crippen molar-refractivity contribution < 1.29 is 9.53 Å². The van der Waals surface area contributed by atoms with Gasteiger partial charge in [-0.1, -0.05) is 30.3 Å². The number of carbonyl (C=O) groups excluding carboxylic acids is 1. The van der Waals surface area contributed by atoms with E-state index in [0.717, 1.165) is 27.2 Å². The van der Waals surface area contributed by atoms with Gasteiger partial charge in [0.1, 0.15) is 5.75 Å². The third-order valence-corrected chi connectivity index (χ3v) is 5.21. The van der Waals surface area contributed by atoms with Crippen LogP contribution in [-0.4, -0.2) is 29.2 Å². The van der Waals surface area contributed by atoms with Crippen molar-refractivity contribution in [1.82, 2.24) is 9.47 Å². The molecular weight excluding hydrogens is 430 g/mol. The average molecular weight is 454 g/mol. The largest absolute Gasteiger partial charge is 0.497 e. The summed E-state index contributed by atoms with van der Waals surface area (Å²) in [5.41, 5.74) is 2.91. The smallest absolute Gasteiger partial charge is 0.322 e. The van der Waals surface area contributed by atoms with Crippen LogP contribution in [0.3, 0.4) is 0 Å². The number of hydrogen-bond acceptors (Lipinski definition) is 2. The van der Waals surface area contributed by atoms with Crippen LogP contribution in [0.25, 0.3) is 0 Å². The quantitative estimate of drug-likeness (QED) is 0.455. The lowest BCUT2D eigenvalue weighted by molar-refractivity contribution is 0.214. The Morgan fingerprint density at radius 3 is 2.79 bits per heavy atom. The highest BCUT2D eigenvalue weighted by atomic mass is 79.9. The van der Waals surface area contributed by atoms with Crippen LogP contribution in [0.15, 0.2) is 84.0 Å². The maximum atomic E-state index is 12.9. The molecule has 1 aromatic heterocycles. The maximum Gasteiger partial charge on any atom is 0.322 e. The van der Waals surface area contributed by atoms with E-state index in [1.807, 2.05) is 60.8 Å². The number of nitrogens with zero attached hydrogens (tertiary/aromatic N) is 2. The minimum atomic E-state index is -0.175. The van der Waals surface area contributed by atoms with E-state index in [9.17, 15) is 4.79 Å². The zero-order valence-electron chi connectivity index (χ0n) is 16.3. The summed E-state index contributed by atoms with van der Waals surface area (Å²) in [5.74, 6) is 0.831. The van der Waals surface area contributed by atoms with Crippen LogP contribution in [0, 0.1) is 0 Å². The topological polar surface area (TPSA) is 46.5 Å². The first-order valence-electron chi connectivity index (χ1n) is 9.29. The molecule has 0 aliphatic carbocycles. The molecule has 0 aliphatic heterocycles. The number of methoxy groups -OCH3 is 1. The Balaban J connectivity index is 1.74. The van der Waals surface area contributed by atoms with Gasteiger partial charge in [-0.3, -0.25) is 0 Å². The Kier molecular flexibility index (Phi) is 7.14. The fraction of sp³-hybridized carbons (Fsp3) is 0.174. The van der Waals surface area contributed by atoms with E-state index >= 15 is 0 Å². The van der Waals surface area contributed by atoms with Crippen molar-refractivity contribution in [3.8, 4) is 5.75 Å². The second-order valence-electron chi connectivity index (χ2n) is 6.56. The highest BCUT2D eigenvalue weighted by molar-refractivity contribution is 9.10. The van der Waals surface area contributed by atoms with Gasteiger partial charge in [-0.2, -0.15) is 0 Å². The number of rotatable bonds is 8. The molecule has 2 amide bonds. The molecule has 2 aromatic carbocycles. The molecule has 150 valence electrons. The van der Waals surface area contributed by atoms with Gasteiger partial charge in [-0.25, -0.2) is 4.79 Å². The molecule has 0 saturated carbocycles. The molecule has 1 heterocycles. The number of ether oxygens (including phenoxy) is 1. The van der Waals surface area contributed by atoms with E-state index in [0.29, 0.717) is 19.6 Å². The molecular formula is C23H24BrN3O2. The molecule has 5 nitrogen and oxygen atoms in total. The molecule has 0 aliphatic rings. The third kappa shape index (κ3) is 5.51. The minimum Gasteiger partial charge on any atom is -0.497 e. The number of para-hydroxylation sites is 1. The van der Waals surface area contributed by atoms with E-state index < -0.39 is 0 Å². The first-order valence-corrected chi connectivity index (χ1v) is 10.1. The fourth-order valence-electron chi connectivity index (χ4n) is 3.04. The van der Waals surface area contributed by atoms with Crippen LogP contribution in [0.4, 0.5) is 10.5 Å². The maximum absolute atomic E-state index is 12.9. The second-order valence-corrected chi connectivity index (χ2v) is 7.41.